The highest BCUT2D eigenvalue weighted by molar-refractivity contribution is 5.98. The SMILES string of the molecule is COc1ccccc1NC(=O)[C@H](C)OC(=O)CCN1C(=O)COc2ccccc21. The van der Waals surface area contributed by atoms with Crippen LogP contribution in [-0.2, 0) is 19.1 Å². The van der Waals surface area contributed by atoms with E-state index < -0.39 is 18.0 Å². The van der Waals surface area contributed by atoms with Crippen molar-refractivity contribution in [2.75, 3.05) is 30.5 Å². The summed E-state index contributed by atoms with van der Waals surface area (Å²) in [6.45, 7) is 1.54. The van der Waals surface area contributed by atoms with Gasteiger partial charge in [-0.25, -0.2) is 0 Å². The van der Waals surface area contributed by atoms with Crippen LogP contribution in [0.2, 0.25) is 0 Å². The largest absolute Gasteiger partial charge is 0.495 e. The predicted octanol–water partition coefficient (Wildman–Crippen LogP) is 2.38. The van der Waals surface area contributed by atoms with Crippen molar-refractivity contribution >= 4 is 29.2 Å². The normalized spacial score (nSPS) is 13.7. The van der Waals surface area contributed by atoms with Crippen LogP contribution in [0.4, 0.5) is 11.4 Å². The molecule has 29 heavy (non-hydrogen) atoms. The Kier molecular flexibility index (Phi) is 6.33. The molecular formula is C21H22N2O6. The van der Waals surface area contributed by atoms with E-state index in [1.807, 2.05) is 6.07 Å². The zero-order chi connectivity index (χ0) is 20.8. The summed E-state index contributed by atoms with van der Waals surface area (Å²) in [5.74, 6) is -0.201. The number of hydrogen-bond acceptors (Lipinski definition) is 6. The number of carbonyl (C=O) groups excluding carboxylic acids is 3. The lowest BCUT2D eigenvalue weighted by Crippen LogP contribution is -2.40. The van der Waals surface area contributed by atoms with Crippen LogP contribution in [0.25, 0.3) is 0 Å². The van der Waals surface area contributed by atoms with Crippen molar-refractivity contribution in [3.05, 3.63) is 48.5 Å². The Morgan fingerprint density at radius 2 is 1.90 bits per heavy atom. The lowest BCUT2D eigenvalue weighted by Gasteiger charge is -2.29. The van der Waals surface area contributed by atoms with Gasteiger partial charge in [-0.1, -0.05) is 24.3 Å². The Morgan fingerprint density at radius 1 is 1.17 bits per heavy atom. The van der Waals surface area contributed by atoms with Crippen molar-refractivity contribution in [2.24, 2.45) is 0 Å². The molecule has 0 aliphatic carbocycles. The lowest BCUT2D eigenvalue weighted by molar-refractivity contribution is -0.153. The molecule has 0 saturated carbocycles. The molecule has 0 aromatic heterocycles. The second-order valence-corrected chi connectivity index (χ2v) is 6.37. The van der Waals surface area contributed by atoms with Crippen molar-refractivity contribution in [1.29, 1.82) is 0 Å². The number of nitrogens with one attached hydrogen (secondary N) is 1. The van der Waals surface area contributed by atoms with E-state index in [0.29, 0.717) is 22.9 Å². The molecule has 1 atom stereocenters. The van der Waals surface area contributed by atoms with Crippen LogP contribution in [0.15, 0.2) is 48.5 Å². The summed E-state index contributed by atoms with van der Waals surface area (Å²) in [6, 6.07) is 14.0. The third kappa shape index (κ3) is 4.84. The number of anilines is 2. The summed E-state index contributed by atoms with van der Waals surface area (Å²) < 4.78 is 15.8. The Hall–Kier alpha value is -3.55. The molecule has 8 nitrogen and oxygen atoms in total. The van der Waals surface area contributed by atoms with Crippen LogP contribution in [0.1, 0.15) is 13.3 Å². The molecule has 2 aromatic rings. The van der Waals surface area contributed by atoms with Gasteiger partial charge >= 0.3 is 5.97 Å². The van der Waals surface area contributed by atoms with Gasteiger partial charge in [0.2, 0.25) is 0 Å². The number of methoxy groups -OCH3 is 1. The second-order valence-electron chi connectivity index (χ2n) is 6.37. The fourth-order valence-electron chi connectivity index (χ4n) is 2.89. The molecule has 152 valence electrons. The summed E-state index contributed by atoms with van der Waals surface area (Å²) in [4.78, 5) is 38.1. The molecule has 2 aromatic carbocycles. The van der Waals surface area contributed by atoms with Crippen LogP contribution in [-0.4, -0.2) is 44.1 Å². The number of fused-ring (bicyclic) bond motifs is 1. The van der Waals surface area contributed by atoms with Gasteiger partial charge in [-0.3, -0.25) is 14.4 Å². The number of rotatable bonds is 7. The topological polar surface area (TPSA) is 94.2 Å². The lowest BCUT2D eigenvalue weighted by atomic mass is 10.2. The van der Waals surface area contributed by atoms with Gasteiger partial charge in [0.1, 0.15) is 11.5 Å². The molecule has 0 saturated heterocycles. The molecule has 1 aliphatic rings. The van der Waals surface area contributed by atoms with E-state index in [2.05, 4.69) is 5.32 Å². The average molecular weight is 398 g/mol. The number of hydrogen-bond donors (Lipinski definition) is 1. The summed E-state index contributed by atoms with van der Waals surface area (Å²) in [6.07, 6.45) is -1.05. The number of esters is 1. The zero-order valence-corrected chi connectivity index (χ0v) is 16.2. The molecule has 0 bridgehead atoms. The third-order valence-corrected chi connectivity index (χ3v) is 4.39. The molecule has 1 aliphatic heterocycles. The Bertz CT molecular complexity index is 914. The number of amides is 2. The Morgan fingerprint density at radius 3 is 2.69 bits per heavy atom. The maximum absolute atomic E-state index is 12.3. The number of para-hydroxylation sites is 4. The monoisotopic (exact) mass is 398 g/mol. The zero-order valence-electron chi connectivity index (χ0n) is 16.2. The molecule has 1 N–H and O–H groups in total. The van der Waals surface area contributed by atoms with E-state index >= 15 is 0 Å². The highest BCUT2D eigenvalue weighted by Gasteiger charge is 2.26. The quantitative estimate of drug-likeness (QED) is 0.720. The molecule has 8 heteroatoms. The molecule has 0 spiro atoms. The van der Waals surface area contributed by atoms with Gasteiger partial charge < -0.3 is 24.4 Å². The summed E-state index contributed by atoms with van der Waals surface area (Å²) in [7, 11) is 1.50. The minimum absolute atomic E-state index is 0.0493. The fraction of sp³-hybridized carbons (Fsp3) is 0.286. The van der Waals surface area contributed by atoms with E-state index in [1.165, 1.54) is 18.9 Å². The van der Waals surface area contributed by atoms with E-state index in [4.69, 9.17) is 14.2 Å². The van der Waals surface area contributed by atoms with Gasteiger partial charge in [-0.15, -0.1) is 0 Å². The van der Waals surface area contributed by atoms with Crippen molar-refractivity contribution < 1.29 is 28.6 Å². The highest BCUT2D eigenvalue weighted by Crippen LogP contribution is 2.31. The van der Waals surface area contributed by atoms with Crippen molar-refractivity contribution in [3.63, 3.8) is 0 Å². The fourth-order valence-corrected chi connectivity index (χ4v) is 2.89. The molecule has 3 rings (SSSR count). The minimum atomic E-state index is -1.000. The van der Waals surface area contributed by atoms with Gasteiger partial charge in [0.15, 0.2) is 12.7 Å². The summed E-state index contributed by atoms with van der Waals surface area (Å²) >= 11 is 0. The third-order valence-electron chi connectivity index (χ3n) is 4.39. The Balaban J connectivity index is 1.54. The second kappa shape index (κ2) is 9.09. The molecule has 1 heterocycles. The van der Waals surface area contributed by atoms with Crippen LogP contribution in [0, 0.1) is 0 Å². The van der Waals surface area contributed by atoms with E-state index in [-0.39, 0.29) is 25.5 Å². The first kappa shape index (κ1) is 20.2. The number of carbonyl (C=O) groups is 3. The first-order valence-electron chi connectivity index (χ1n) is 9.15. The first-order chi connectivity index (χ1) is 14.0. The van der Waals surface area contributed by atoms with Gasteiger partial charge in [-0.2, -0.15) is 0 Å². The predicted molar refractivity (Wildman–Crippen MR) is 106 cm³/mol. The van der Waals surface area contributed by atoms with Crippen molar-refractivity contribution in [3.8, 4) is 11.5 Å². The average Bonchev–Trinajstić information content (AvgIpc) is 2.73. The number of benzene rings is 2. The summed E-state index contributed by atoms with van der Waals surface area (Å²) in [5.41, 5.74) is 1.09. The minimum Gasteiger partial charge on any atom is -0.495 e. The standard InChI is InChI=1S/C21H22N2O6/c1-14(21(26)22-15-7-3-5-9-17(15)27-2)29-20(25)11-12-23-16-8-4-6-10-18(16)28-13-19(23)24/h3-10,14H,11-13H2,1-2H3,(H,22,26)/t14-/m0/s1. The molecular weight excluding hydrogens is 376 g/mol. The maximum Gasteiger partial charge on any atom is 0.308 e. The maximum atomic E-state index is 12.3. The Labute approximate surface area is 168 Å². The number of ether oxygens (including phenoxy) is 3. The van der Waals surface area contributed by atoms with Crippen molar-refractivity contribution in [1.82, 2.24) is 0 Å². The van der Waals surface area contributed by atoms with E-state index in [9.17, 15) is 14.4 Å². The van der Waals surface area contributed by atoms with Crippen LogP contribution < -0.4 is 19.7 Å². The van der Waals surface area contributed by atoms with Gasteiger partial charge in [0.05, 0.1) is 24.9 Å². The van der Waals surface area contributed by atoms with Crippen LogP contribution in [0.5, 0.6) is 11.5 Å². The van der Waals surface area contributed by atoms with Gasteiger partial charge in [-0.05, 0) is 31.2 Å². The van der Waals surface area contributed by atoms with E-state index in [0.717, 1.165) is 0 Å². The van der Waals surface area contributed by atoms with E-state index in [1.54, 1.807) is 42.5 Å². The van der Waals surface area contributed by atoms with Gasteiger partial charge in [0.25, 0.3) is 11.8 Å². The highest BCUT2D eigenvalue weighted by atomic mass is 16.5. The summed E-state index contributed by atoms with van der Waals surface area (Å²) in [5, 5.41) is 2.67. The number of nitrogens with zero attached hydrogens (tertiary/aromatic N) is 1. The molecule has 0 radical (unpaired) electrons. The smallest absolute Gasteiger partial charge is 0.308 e. The van der Waals surface area contributed by atoms with Crippen LogP contribution in [0.3, 0.4) is 0 Å². The molecule has 0 unspecified atom stereocenters. The molecule has 0 fully saturated rings. The first-order valence-corrected chi connectivity index (χ1v) is 9.15. The van der Waals surface area contributed by atoms with Crippen LogP contribution >= 0.6 is 0 Å². The van der Waals surface area contributed by atoms with Gasteiger partial charge in [0, 0.05) is 6.54 Å². The van der Waals surface area contributed by atoms with Crippen molar-refractivity contribution in [2.45, 2.75) is 19.4 Å². The molecule has 2 amide bonds.